The predicted octanol–water partition coefficient (Wildman–Crippen LogP) is 4.35. The predicted molar refractivity (Wildman–Crippen MR) is 84.6 cm³/mol. The standard InChI is InChI=1S/C15H22Cl2N2/c1-3-5-12-10-19(13(4-2)9-18-12)15-7-6-11(16)8-14(15)17/h6-8,12-13,18H,3-5,9-10H2,1-2H3. The number of nitrogens with one attached hydrogen (secondary N) is 1. The molecule has 106 valence electrons. The summed E-state index contributed by atoms with van der Waals surface area (Å²) in [4.78, 5) is 2.44. The lowest BCUT2D eigenvalue weighted by molar-refractivity contribution is 0.369. The molecule has 1 aromatic rings. The first-order valence-electron chi connectivity index (χ1n) is 7.10. The topological polar surface area (TPSA) is 15.3 Å². The van der Waals surface area contributed by atoms with Crippen LogP contribution in [0.15, 0.2) is 18.2 Å². The first-order chi connectivity index (χ1) is 9.15. The van der Waals surface area contributed by atoms with Crippen molar-refractivity contribution in [3.8, 4) is 0 Å². The fourth-order valence-electron chi connectivity index (χ4n) is 2.78. The van der Waals surface area contributed by atoms with Crippen molar-refractivity contribution in [2.75, 3.05) is 18.0 Å². The van der Waals surface area contributed by atoms with Gasteiger partial charge in [0.25, 0.3) is 0 Å². The van der Waals surface area contributed by atoms with Crippen molar-refractivity contribution >= 4 is 28.9 Å². The number of hydrogen-bond acceptors (Lipinski definition) is 2. The van der Waals surface area contributed by atoms with Gasteiger partial charge in [-0.05, 0) is 31.0 Å². The quantitative estimate of drug-likeness (QED) is 0.889. The van der Waals surface area contributed by atoms with Crippen LogP contribution in [0.4, 0.5) is 5.69 Å². The van der Waals surface area contributed by atoms with Gasteiger partial charge in [-0.25, -0.2) is 0 Å². The van der Waals surface area contributed by atoms with Crippen molar-refractivity contribution in [3.63, 3.8) is 0 Å². The monoisotopic (exact) mass is 300 g/mol. The maximum Gasteiger partial charge on any atom is 0.0654 e. The van der Waals surface area contributed by atoms with E-state index in [9.17, 15) is 0 Å². The van der Waals surface area contributed by atoms with E-state index in [1.54, 1.807) is 0 Å². The van der Waals surface area contributed by atoms with Gasteiger partial charge < -0.3 is 10.2 Å². The Hall–Kier alpha value is -0.440. The Balaban J connectivity index is 2.22. The van der Waals surface area contributed by atoms with E-state index in [2.05, 4.69) is 24.1 Å². The third-order valence-corrected chi connectivity index (χ3v) is 4.37. The summed E-state index contributed by atoms with van der Waals surface area (Å²) in [6.45, 7) is 6.50. The van der Waals surface area contributed by atoms with Gasteiger partial charge in [0.2, 0.25) is 0 Å². The van der Waals surface area contributed by atoms with E-state index >= 15 is 0 Å². The molecular weight excluding hydrogens is 279 g/mol. The first-order valence-corrected chi connectivity index (χ1v) is 7.86. The summed E-state index contributed by atoms with van der Waals surface area (Å²) >= 11 is 12.4. The second-order valence-corrected chi connectivity index (χ2v) is 6.05. The summed E-state index contributed by atoms with van der Waals surface area (Å²) < 4.78 is 0. The maximum atomic E-state index is 6.36. The highest BCUT2D eigenvalue weighted by atomic mass is 35.5. The zero-order chi connectivity index (χ0) is 13.8. The summed E-state index contributed by atoms with van der Waals surface area (Å²) in [6, 6.07) is 6.86. The number of benzene rings is 1. The lowest BCUT2D eigenvalue weighted by Crippen LogP contribution is -2.56. The van der Waals surface area contributed by atoms with Gasteiger partial charge in [0.05, 0.1) is 10.7 Å². The molecule has 0 aromatic heterocycles. The molecule has 1 saturated heterocycles. The Kier molecular flexibility index (Phi) is 5.37. The van der Waals surface area contributed by atoms with Gasteiger partial charge in [-0.3, -0.25) is 0 Å². The first kappa shape index (κ1) is 15.0. The molecule has 1 heterocycles. The summed E-state index contributed by atoms with van der Waals surface area (Å²) in [5.74, 6) is 0. The van der Waals surface area contributed by atoms with Crippen molar-refractivity contribution < 1.29 is 0 Å². The largest absolute Gasteiger partial charge is 0.365 e. The smallest absolute Gasteiger partial charge is 0.0654 e. The second-order valence-electron chi connectivity index (χ2n) is 5.20. The summed E-state index contributed by atoms with van der Waals surface area (Å²) in [5, 5.41) is 5.09. The van der Waals surface area contributed by atoms with Crippen LogP contribution in [0.25, 0.3) is 0 Å². The summed E-state index contributed by atoms with van der Waals surface area (Å²) in [5.41, 5.74) is 1.11. The third-order valence-electron chi connectivity index (χ3n) is 3.83. The summed E-state index contributed by atoms with van der Waals surface area (Å²) in [7, 11) is 0. The average molecular weight is 301 g/mol. The van der Waals surface area contributed by atoms with Crippen LogP contribution in [0.1, 0.15) is 33.1 Å². The molecule has 4 heteroatoms. The van der Waals surface area contributed by atoms with Crippen molar-refractivity contribution in [3.05, 3.63) is 28.2 Å². The van der Waals surface area contributed by atoms with E-state index in [-0.39, 0.29) is 0 Å². The number of halogens is 2. The van der Waals surface area contributed by atoms with E-state index in [0.29, 0.717) is 17.1 Å². The van der Waals surface area contributed by atoms with Gasteiger partial charge in [-0.15, -0.1) is 0 Å². The Labute approximate surface area is 126 Å². The van der Waals surface area contributed by atoms with Crippen LogP contribution in [0.2, 0.25) is 10.0 Å². The van der Waals surface area contributed by atoms with Crippen LogP contribution >= 0.6 is 23.2 Å². The molecule has 19 heavy (non-hydrogen) atoms. The van der Waals surface area contributed by atoms with E-state index in [0.717, 1.165) is 30.2 Å². The molecule has 2 nitrogen and oxygen atoms in total. The fourth-order valence-corrected chi connectivity index (χ4v) is 3.30. The van der Waals surface area contributed by atoms with Crippen LogP contribution in [0, 0.1) is 0 Å². The van der Waals surface area contributed by atoms with Crippen molar-refractivity contribution in [1.82, 2.24) is 5.32 Å². The number of hydrogen-bond donors (Lipinski definition) is 1. The van der Waals surface area contributed by atoms with Gasteiger partial charge in [0, 0.05) is 30.2 Å². The summed E-state index contributed by atoms with van der Waals surface area (Å²) in [6.07, 6.45) is 3.53. The normalized spacial score (nSPS) is 23.7. The second kappa shape index (κ2) is 6.83. The molecule has 2 atom stereocenters. The average Bonchev–Trinajstić information content (AvgIpc) is 2.39. The SMILES string of the molecule is CCCC1CN(c2ccc(Cl)cc2Cl)C(CC)CN1. The van der Waals surface area contributed by atoms with Gasteiger partial charge in [-0.2, -0.15) is 0 Å². The number of piperazine rings is 1. The zero-order valence-corrected chi connectivity index (χ0v) is 13.1. The van der Waals surface area contributed by atoms with Crippen LogP contribution in [-0.2, 0) is 0 Å². The Morgan fingerprint density at radius 2 is 2.11 bits per heavy atom. The van der Waals surface area contributed by atoms with Crippen molar-refractivity contribution in [2.24, 2.45) is 0 Å². The maximum absolute atomic E-state index is 6.36. The third kappa shape index (κ3) is 3.56. The van der Waals surface area contributed by atoms with E-state index in [4.69, 9.17) is 23.2 Å². The minimum Gasteiger partial charge on any atom is -0.365 e. The molecular formula is C15H22Cl2N2. The fraction of sp³-hybridized carbons (Fsp3) is 0.600. The van der Waals surface area contributed by atoms with E-state index < -0.39 is 0 Å². The minimum absolute atomic E-state index is 0.506. The lowest BCUT2D eigenvalue weighted by atomic mass is 10.0. The highest BCUT2D eigenvalue weighted by Crippen LogP contribution is 2.32. The Morgan fingerprint density at radius 3 is 2.74 bits per heavy atom. The van der Waals surface area contributed by atoms with Gasteiger partial charge in [0.15, 0.2) is 0 Å². The lowest BCUT2D eigenvalue weighted by Gasteiger charge is -2.42. The highest BCUT2D eigenvalue weighted by molar-refractivity contribution is 6.36. The zero-order valence-electron chi connectivity index (χ0n) is 11.6. The van der Waals surface area contributed by atoms with Gasteiger partial charge >= 0.3 is 0 Å². The number of anilines is 1. The van der Waals surface area contributed by atoms with Crippen LogP contribution in [0.5, 0.6) is 0 Å². The Morgan fingerprint density at radius 1 is 1.32 bits per heavy atom. The van der Waals surface area contributed by atoms with Gasteiger partial charge in [-0.1, -0.05) is 43.5 Å². The molecule has 1 aliphatic rings. The molecule has 0 amide bonds. The van der Waals surface area contributed by atoms with Crippen LogP contribution < -0.4 is 10.2 Å². The molecule has 0 aliphatic carbocycles. The molecule has 0 spiro atoms. The molecule has 2 rings (SSSR count). The molecule has 1 aliphatic heterocycles. The molecule has 1 N–H and O–H groups in total. The Bertz CT molecular complexity index is 423. The van der Waals surface area contributed by atoms with E-state index in [1.807, 2.05) is 18.2 Å². The van der Waals surface area contributed by atoms with Crippen molar-refractivity contribution in [2.45, 2.75) is 45.2 Å². The van der Waals surface area contributed by atoms with Gasteiger partial charge in [0.1, 0.15) is 0 Å². The molecule has 2 unspecified atom stereocenters. The molecule has 1 aromatic carbocycles. The van der Waals surface area contributed by atoms with Crippen LogP contribution in [0.3, 0.4) is 0 Å². The highest BCUT2D eigenvalue weighted by Gasteiger charge is 2.27. The molecule has 0 bridgehead atoms. The molecule has 0 saturated carbocycles. The molecule has 0 radical (unpaired) electrons. The number of rotatable bonds is 4. The molecule has 1 fully saturated rings. The number of nitrogens with zero attached hydrogens (tertiary/aromatic N) is 1. The minimum atomic E-state index is 0.506. The van der Waals surface area contributed by atoms with E-state index in [1.165, 1.54) is 12.8 Å². The van der Waals surface area contributed by atoms with Crippen molar-refractivity contribution in [1.29, 1.82) is 0 Å². The van der Waals surface area contributed by atoms with Crippen LogP contribution in [-0.4, -0.2) is 25.2 Å².